The number of fused-ring (bicyclic) bond motifs is 3. The van der Waals surface area contributed by atoms with Crippen molar-refractivity contribution in [3.05, 3.63) is 29.8 Å². The number of nitrogens with one attached hydrogen (secondary N) is 2. The smallest absolute Gasteiger partial charge is 0.251 e. The minimum Gasteiger partial charge on any atom is -0.381 e. The van der Waals surface area contributed by atoms with E-state index >= 15 is 0 Å². The standard InChI is InChI=1S/C17H23N3O/c21-17(19-15-5-6-15)13-1-3-14(4-2-13)18-16-11-20-9-7-12(16)8-10-20/h1-4,12,15-16,18H,5-11H2,(H,19,21)/t16-/m0/s1. The number of rotatable bonds is 4. The van der Waals surface area contributed by atoms with Crippen molar-refractivity contribution in [2.45, 2.75) is 37.8 Å². The maximum Gasteiger partial charge on any atom is 0.251 e. The Labute approximate surface area is 125 Å². The summed E-state index contributed by atoms with van der Waals surface area (Å²) in [6.07, 6.45) is 4.90. The summed E-state index contributed by atoms with van der Waals surface area (Å²) in [4.78, 5) is 14.5. The first-order chi connectivity index (χ1) is 10.3. The monoisotopic (exact) mass is 285 g/mol. The average Bonchev–Trinajstić information content (AvgIpc) is 3.33. The normalized spacial score (nSPS) is 31.0. The second-order valence-electron chi connectivity index (χ2n) is 6.71. The van der Waals surface area contributed by atoms with Crippen LogP contribution in [-0.4, -0.2) is 42.5 Å². The zero-order chi connectivity index (χ0) is 14.2. The molecule has 1 atom stereocenters. The molecule has 4 aliphatic rings. The highest BCUT2D eigenvalue weighted by Crippen LogP contribution is 2.29. The van der Waals surface area contributed by atoms with Gasteiger partial charge < -0.3 is 15.5 Å². The Morgan fingerprint density at radius 2 is 1.76 bits per heavy atom. The van der Waals surface area contributed by atoms with Crippen LogP contribution in [0.1, 0.15) is 36.0 Å². The molecule has 3 aliphatic heterocycles. The molecule has 3 saturated heterocycles. The fraction of sp³-hybridized carbons (Fsp3) is 0.588. The summed E-state index contributed by atoms with van der Waals surface area (Å²) in [7, 11) is 0. The Morgan fingerprint density at radius 1 is 1.05 bits per heavy atom. The van der Waals surface area contributed by atoms with Crippen LogP contribution in [0.25, 0.3) is 0 Å². The number of carbonyl (C=O) groups excluding carboxylic acids is 1. The fourth-order valence-electron chi connectivity index (χ4n) is 3.56. The molecule has 112 valence electrons. The number of anilines is 1. The lowest BCUT2D eigenvalue weighted by Crippen LogP contribution is -2.53. The molecule has 0 radical (unpaired) electrons. The van der Waals surface area contributed by atoms with Gasteiger partial charge in [-0.2, -0.15) is 0 Å². The van der Waals surface area contributed by atoms with Crippen molar-refractivity contribution in [2.24, 2.45) is 5.92 Å². The minimum absolute atomic E-state index is 0.0619. The van der Waals surface area contributed by atoms with E-state index in [0.717, 1.165) is 36.6 Å². The summed E-state index contributed by atoms with van der Waals surface area (Å²) in [5.74, 6) is 0.875. The molecule has 4 fully saturated rings. The molecule has 3 heterocycles. The van der Waals surface area contributed by atoms with Crippen LogP contribution in [0.4, 0.5) is 5.69 Å². The van der Waals surface area contributed by atoms with Gasteiger partial charge in [0.1, 0.15) is 0 Å². The maximum atomic E-state index is 12.0. The minimum atomic E-state index is 0.0619. The van der Waals surface area contributed by atoms with Crippen molar-refractivity contribution in [1.82, 2.24) is 10.2 Å². The lowest BCUT2D eigenvalue weighted by atomic mass is 9.84. The van der Waals surface area contributed by atoms with Crippen molar-refractivity contribution in [2.75, 3.05) is 25.0 Å². The van der Waals surface area contributed by atoms with Crippen LogP contribution < -0.4 is 10.6 Å². The van der Waals surface area contributed by atoms with Crippen molar-refractivity contribution in [3.63, 3.8) is 0 Å². The molecule has 1 amide bonds. The van der Waals surface area contributed by atoms with Crippen molar-refractivity contribution in [3.8, 4) is 0 Å². The van der Waals surface area contributed by atoms with Gasteiger partial charge >= 0.3 is 0 Å². The number of piperidine rings is 3. The quantitative estimate of drug-likeness (QED) is 0.890. The first-order valence-electron chi connectivity index (χ1n) is 8.18. The Bertz CT molecular complexity index is 515. The predicted molar refractivity (Wildman–Crippen MR) is 83.5 cm³/mol. The highest BCUT2D eigenvalue weighted by Gasteiger charge is 2.33. The van der Waals surface area contributed by atoms with Gasteiger partial charge in [-0.3, -0.25) is 4.79 Å². The first kappa shape index (κ1) is 13.1. The molecular formula is C17H23N3O. The van der Waals surface area contributed by atoms with E-state index in [0.29, 0.717) is 12.1 Å². The molecule has 0 unspecified atom stereocenters. The van der Waals surface area contributed by atoms with Gasteiger partial charge in [-0.25, -0.2) is 0 Å². The Hall–Kier alpha value is -1.55. The third-order valence-corrected chi connectivity index (χ3v) is 5.07. The highest BCUT2D eigenvalue weighted by atomic mass is 16.1. The molecule has 2 N–H and O–H groups in total. The van der Waals surface area contributed by atoms with Crippen molar-refractivity contribution < 1.29 is 4.79 Å². The van der Waals surface area contributed by atoms with Gasteiger partial charge in [-0.15, -0.1) is 0 Å². The second kappa shape index (κ2) is 5.34. The van der Waals surface area contributed by atoms with E-state index in [1.165, 1.54) is 25.9 Å². The zero-order valence-corrected chi connectivity index (χ0v) is 12.3. The Morgan fingerprint density at radius 3 is 2.33 bits per heavy atom. The number of benzene rings is 1. The van der Waals surface area contributed by atoms with Crippen LogP contribution in [0.2, 0.25) is 0 Å². The van der Waals surface area contributed by atoms with Crippen LogP contribution in [0, 0.1) is 5.92 Å². The molecule has 2 bridgehead atoms. The van der Waals surface area contributed by atoms with E-state index < -0.39 is 0 Å². The van der Waals surface area contributed by atoms with E-state index in [4.69, 9.17) is 0 Å². The number of hydrogen-bond acceptors (Lipinski definition) is 3. The molecule has 0 spiro atoms. The average molecular weight is 285 g/mol. The summed E-state index contributed by atoms with van der Waals surface area (Å²) >= 11 is 0. The highest BCUT2D eigenvalue weighted by molar-refractivity contribution is 5.94. The molecule has 4 heteroatoms. The molecule has 5 rings (SSSR count). The number of nitrogens with zero attached hydrogens (tertiary/aromatic N) is 1. The first-order valence-corrected chi connectivity index (χ1v) is 8.18. The molecule has 1 aromatic rings. The number of hydrogen-bond donors (Lipinski definition) is 2. The molecule has 1 aliphatic carbocycles. The van der Waals surface area contributed by atoms with Crippen LogP contribution in [0.3, 0.4) is 0 Å². The van der Waals surface area contributed by atoms with Crippen LogP contribution in [0.5, 0.6) is 0 Å². The van der Waals surface area contributed by atoms with Gasteiger partial charge in [-0.05, 0) is 69.0 Å². The Balaban J connectivity index is 1.38. The fourth-order valence-corrected chi connectivity index (χ4v) is 3.56. The van der Waals surface area contributed by atoms with E-state index in [9.17, 15) is 4.79 Å². The van der Waals surface area contributed by atoms with Gasteiger partial charge in [0.2, 0.25) is 0 Å². The largest absolute Gasteiger partial charge is 0.381 e. The maximum absolute atomic E-state index is 12.0. The molecule has 4 nitrogen and oxygen atoms in total. The van der Waals surface area contributed by atoms with Crippen LogP contribution >= 0.6 is 0 Å². The number of carbonyl (C=O) groups is 1. The predicted octanol–water partition coefficient (Wildman–Crippen LogP) is 2.08. The molecular weight excluding hydrogens is 262 g/mol. The summed E-state index contributed by atoms with van der Waals surface area (Å²) in [6, 6.07) is 8.93. The van der Waals surface area contributed by atoms with E-state index in [1.54, 1.807) is 0 Å². The van der Waals surface area contributed by atoms with E-state index in [-0.39, 0.29) is 5.91 Å². The van der Waals surface area contributed by atoms with Gasteiger partial charge in [0.05, 0.1) is 0 Å². The van der Waals surface area contributed by atoms with Gasteiger partial charge in [0, 0.05) is 29.9 Å². The van der Waals surface area contributed by atoms with E-state index in [1.807, 2.05) is 24.3 Å². The zero-order valence-electron chi connectivity index (χ0n) is 12.3. The van der Waals surface area contributed by atoms with Crippen LogP contribution in [0.15, 0.2) is 24.3 Å². The topological polar surface area (TPSA) is 44.4 Å². The summed E-state index contributed by atoms with van der Waals surface area (Å²) in [5.41, 5.74) is 1.90. The molecule has 21 heavy (non-hydrogen) atoms. The third-order valence-electron chi connectivity index (χ3n) is 5.07. The van der Waals surface area contributed by atoms with Gasteiger partial charge in [0.15, 0.2) is 0 Å². The second-order valence-corrected chi connectivity index (χ2v) is 6.71. The molecule has 0 aromatic heterocycles. The third kappa shape index (κ3) is 2.91. The molecule has 1 aromatic carbocycles. The van der Waals surface area contributed by atoms with Crippen molar-refractivity contribution in [1.29, 1.82) is 0 Å². The SMILES string of the molecule is O=C(NC1CC1)c1ccc(N[C@H]2CN3CCC2CC3)cc1. The summed E-state index contributed by atoms with van der Waals surface area (Å²) in [5, 5.41) is 6.69. The number of amides is 1. The van der Waals surface area contributed by atoms with Crippen molar-refractivity contribution >= 4 is 11.6 Å². The Kier molecular flexibility index (Phi) is 3.34. The molecule has 1 saturated carbocycles. The lowest BCUT2D eigenvalue weighted by molar-refractivity contribution is 0.0951. The van der Waals surface area contributed by atoms with Crippen LogP contribution in [-0.2, 0) is 0 Å². The van der Waals surface area contributed by atoms with Gasteiger partial charge in [-0.1, -0.05) is 0 Å². The van der Waals surface area contributed by atoms with E-state index in [2.05, 4.69) is 15.5 Å². The summed E-state index contributed by atoms with van der Waals surface area (Å²) < 4.78 is 0. The van der Waals surface area contributed by atoms with Gasteiger partial charge in [0.25, 0.3) is 5.91 Å². The lowest BCUT2D eigenvalue weighted by Gasteiger charge is -2.45. The summed E-state index contributed by atoms with van der Waals surface area (Å²) in [6.45, 7) is 3.70.